The van der Waals surface area contributed by atoms with Crippen LogP contribution >= 0.6 is 0 Å². The minimum Gasteiger partial charge on any atom is -0.493 e. The van der Waals surface area contributed by atoms with Gasteiger partial charge in [0.25, 0.3) is 11.8 Å². The first-order valence-electron chi connectivity index (χ1n) is 8.77. The normalized spacial score (nSPS) is 10.2. The number of rotatable bonds is 8. The molecule has 2 aromatic carbocycles. The average Bonchev–Trinajstić information content (AvgIpc) is 2.71. The number of anilines is 1. The van der Waals surface area contributed by atoms with E-state index >= 15 is 0 Å². The quantitative estimate of drug-likeness (QED) is 0.571. The lowest BCUT2D eigenvalue weighted by Gasteiger charge is -2.16. The first kappa shape index (κ1) is 21.7. The summed E-state index contributed by atoms with van der Waals surface area (Å²) in [7, 11) is 4.58. The number of hydrogen-bond acceptors (Lipinski definition) is 6. The number of methoxy groups -OCH3 is 2. The SMILES string of the molecule is COc1ccc(C(=O)NNC(=O)CN(C)CC(=O)Nc2ccccc2)cc1OC. The zero-order valence-electron chi connectivity index (χ0n) is 16.5. The zero-order chi connectivity index (χ0) is 21.2. The Hall–Kier alpha value is -3.59. The van der Waals surface area contributed by atoms with Gasteiger partial charge in [-0.05, 0) is 37.4 Å². The van der Waals surface area contributed by atoms with Gasteiger partial charge < -0.3 is 14.8 Å². The van der Waals surface area contributed by atoms with Gasteiger partial charge in [0, 0.05) is 11.3 Å². The van der Waals surface area contributed by atoms with Crippen molar-refractivity contribution in [1.82, 2.24) is 15.8 Å². The topological polar surface area (TPSA) is 109 Å². The molecule has 0 saturated heterocycles. The van der Waals surface area contributed by atoms with E-state index in [1.54, 1.807) is 31.3 Å². The zero-order valence-corrected chi connectivity index (χ0v) is 16.5. The summed E-state index contributed by atoms with van der Waals surface area (Å²) in [6.07, 6.45) is 0. The van der Waals surface area contributed by atoms with E-state index in [0.717, 1.165) is 0 Å². The number of carbonyl (C=O) groups is 3. The highest BCUT2D eigenvalue weighted by atomic mass is 16.5. The minimum absolute atomic E-state index is 0.0198. The van der Waals surface area contributed by atoms with Crippen molar-refractivity contribution < 1.29 is 23.9 Å². The van der Waals surface area contributed by atoms with Crippen LogP contribution in [-0.2, 0) is 9.59 Å². The van der Waals surface area contributed by atoms with Crippen LogP contribution < -0.4 is 25.6 Å². The average molecular weight is 400 g/mol. The Balaban J connectivity index is 1.78. The van der Waals surface area contributed by atoms with Crippen LogP contribution in [-0.4, -0.2) is 57.0 Å². The van der Waals surface area contributed by atoms with Crippen LogP contribution in [0.4, 0.5) is 5.69 Å². The lowest BCUT2D eigenvalue weighted by Crippen LogP contribution is -2.46. The number of likely N-dealkylation sites (N-methyl/N-ethyl adjacent to an activating group) is 1. The summed E-state index contributed by atoms with van der Waals surface area (Å²) in [5.74, 6) is -0.336. The minimum atomic E-state index is -0.510. The molecule has 0 saturated carbocycles. The molecule has 0 atom stereocenters. The van der Waals surface area contributed by atoms with Gasteiger partial charge in [-0.2, -0.15) is 0 Å². The lowest BCUT2D eigenvalue weighted by atomic mass is 10.2. The van der Waals surface area contributed by atoms with Crippen LogP contribution in [0.2, 0.25) is 0 Å². The molecule has 9 heteroatoms. The molecule has 154 valence electrons. The molecular formula is C20H24N4O5. The van der Waals surface area contributed by atoms with E-state index < -0.39 is 11.8 Å². The maximum Gasteiger partial charge on any atom is 0.269 e. The van der Waals surface area contributed by atoms with Gasteiger partial charge in [0.1, 0.15) is 0 Å². The van der Waals surface area contributed by atoms with Gasteiger partial charge in [-0.1, -0.05) is 18.2 Å². The highest BCUT2D eigenvalue weighted by Crippen LogP contribution is 2.27. The van der Waals surface area contributed by atoms with Crippen molar-refractivity contribution in [3.05, 3.63) is 54.1 Å². The Labute approximate surface area is 168 Å². The molecule has 0 heterocycles. The van der Waals surface area contributed by atoms with Crippen LogP contribution in [0.1, 0.15) is 10.4 Å². The smallest absolute Gasteiger partial charge is 0.269 e. The number of para-hydroxylation sites is 1. The van der Waals surface area contributed by atoms with Crippen molar-refractivity contribution in [2.45, 2.75) is 0 Å². The molecule has 3 N–H and O–H groups in total. The summed E-state index contributed by atoms with van der Waals surface area (Å²) in [6.45, 7) is -0.0552. The molecule has 0 fully saturated rings. The summed E-state index contributed by atoms with van der Waals surface area (Å²) >= 11 is 0. The van der Waals surface area contributed by atoms with Crippen molar-refractivity contribution in [2.24, 2.45) is 0 Å². The molecule has 2 rings (SSSR count). The highest BCUT2D eigenvalue weighted by molar-refractivity contribution is 5.96. The predicted octanol–water partition coefficient (Wildman–Crippen LogP) is 1.04. The maximum atomic E-state index is 12.2. The molecule has 0 spiro atoms. The molecule has 29 heavy (non-hydrogen) atoms. The van der Waals surface area contributed by atoms with E-state index in [-0.39, 0.29) is 19.0 Å². The third-order valence-corrected chi connectivity index (χ3v) is 3.85. The van der Waals surface area contributed by atoms with Gasteiger partial charge >= 0.3 is 0 Å². The second kappa shape index (κ2) is 10.7. The summed E-state index contributed by atoms with van der Waals surface area (Å²) in [5, 5.41) is 2.73. The molecule has 2 aromatic rings. The summed E-state index contributed by atoms with van der Waals surface area (Å²) in [4.78, 5) is 37.7. The molecule has 0 radical (unpaired) electrons. The van der Waals surface area contributed by atoms with Gasteiger partial charge in [-0.25, -0.2) is 0 Å². The summed E-state index contributed by atoms with van der Waals surface area (Å²) < 4.78 is 10.3. The number of amides is 3. The number of ether oxygens (including phenoxy) is 2. The standard InChI is InChI=1S/C20H24N4O5/c1-24(12-18(25)21-15-7-5-4-6-8-15)13-19(26)22-23-20(27)14-9-10-16(28-2)17(11-14)29-3/h4-11H,12-13H2,1-3H3,(H,21,25)(H,22,26)(H,23,27). The number of carbonyl (C=O) groups excluding carboxylic acids is 3. The fourth-order valence-corrected chi connectivity index (χ4v) is 2.48. The first-order valence-corrected chi connectivity index (χ1v) is 8.77. The van der Waals surface area contributed by atoms with Gasteiger partial charge in [0.2, 0.25) is 5.91 Å². The number of nitrogens with one attached hydrogen (secondary N) is 3. The maximum absolute atomic E-state index is 12.2. The molecule has 0 aliphatic rings. The van der Waals surface area contributed by atoms with Crippen molar-refractivity contribution in [3.8, 4) is 11.5 Å². The number of hydrogen-bond donors (Lipinski definition) is 3. The van der Waals surface area contributed by atoms with E-state index in [2.05, 4.69) is 16.2 Å². The predicted molar refractivity (Wildman–Crippen MR) is 108 cm³/mol. The van der Waals surface area contributed by atoms with Gasteiger partial charge in [-0.3, -0.25) is 30.1 Å². The molecule has 0 aromatic heterocycles. The van der Waals surface area contributed by atoms with Crippen LogP contribution in [0.25, 0.3) is 0 Å². The first-order chi connectivity index (χ1) is 13.9. The Bertz CT molecular complexity index is 857. The van der Waals surface area contributed by atoms with Crippen LogP contribution in [0, 0.1) is 0 Å². The monoisotopic (exact) mass is 400 g/mol. The summed E-state index contributed by atoms with van der Waals surface area (Å²) in [5.41, 5.74) is 5.61. The van der Waals surface area contributed by atoms with Crippen LogP contribution in [0.15, 0.2) is 48.5 Å². The number of nitrogens with zero attached hydrogens (tertiary/aromatic N) is 1. The highest BCUT2D eigenvalue weighted by Gasteiger charge is 2.14. The third-order valence-electron chi connectivity index (χ3n) is 3.85. The lowest BCUT2D eigenvalue weighted by molar-refractivity contribution is -0.123. The van der Waals surface area contributed by atoms with E-state index in [9.17, 15) is 14.4 Å². The molecular weight excluding hydrogens is 376 g/mol. The number of hydrazine groups is 1. The fraction of sp³-hybridized carbons (Fsp3) is 0.250. The Morgan fingerprint density at radius 3 is 2.17 bits per heavy atom. The fourth-order valence-electron chi connectivity index (χ4n) is 2.48. The van der Waals surface area contributed by atoms with E-state index in [0.29, 0.717) is 22.7 Å². The largest absolute Gasteiger partial charge is 0.493 e. The second-order valence-corrected chi connectivity index (χ2v) is 6.16. The Morgan fingerprint density at radius 1 is 0.862 bits per heavy atom. The van der Waals surface area contributed by atoms with Crippen molar-refractivity contribution in [2.75, 3.05) is 39.7 Å². The van der Waals surface area contributed by atoms with Crippen molar-refractivity contribution in [1.29, 1.82) is 0 Å². The Morgan fingerprint density at radius 2 is 1.52 bits per heavy atom. The number of benzene rings is 2. The van der Waals surface area contributed by atoms with Gasteiger partial charge in [-0.15, -0.1) is 0 Å². The van der Waals surface area contributed by atoms with Crippen LogP contribution in [0.3, 0.4) is 0 Å². The Kier molecular flexibility index (Phi) is 7.99. The molecule has 9 nitrogen and oxygen atoms in total. The van der Waals surface area contributed by atoms with Gasteiger partial charge in [0.05, 0.1) is 27.3 Å². The molecule has 0 bridgehead atoms. The molecule has 0 unspecified atom stereocenters. The third kappa shape index (κ3) is 6.82. The van der Waals surface area contributed by atoms with E-state index in [4.69, 9.17) is 9.47 Å². The molecule has 0 aliphatic heterocycles. The molecule has 0 aliphatic carbocycles. The summed E-state index contributed by atoms with van der Waals surface area (Å²) in [6, 6.07) is 13.7. The van der Waals surface area contributed by atoms with E-state index in [1.165, 1.54) is 25.2 Å². The van der Waals surface area contributed by atoms with Gasteiger partial charge in [0.15, 0.2) is 11.5 Å². The molecule has 3 amide bonds. The van der Waals surface area contributed by atoms with Crippen molar-refractivity contribution >= 4 is 23.4 Å². The van der Waals surface area contributed by atoms with E-state index in [1.807, 2.05) is 18.2 Å². The van der Waals surface area contributed by atoms with Crippen LogP contribution in [0.5, 0.6) is 11.5 Å². The second-order valence-electron chi connectivity index (χ2n) is 6.16. The van der Waals surface area contributed by atoms with Crippen molar-refractivity contribution in [3.63, 3.8) is 0 Å².